The van der Waals surface area contributed by atoms with Gasteiger partial charge in [-0.05, 0) is 71.5 Å². The largest absolute Gasteiger partial charge is 0.228 e. The van der Waals surface area contributed by atoms with Gasteiger partial charge in [-0.2, -0.15) is 0 Å². The minimum Gasteiger partial charge on any atom is -0.228 e. The van der Waals surface area contributed by atoms with Crippen molar-refractivity contribution in [2.75, 3.05) is 0 Å². The van der Waals surface area contributed by atoms with Gasteiger partial charge in [0.05, 0.1) is 5.52 Å². The summed E-state index contributed by atoms with van der Waals surface area (Å²) >= 11 is 8.46. The summed E-state index contributed by atoms with van der Waals surface area (Å²) < 4.78 is 14.2. The number of aryl methyl sites for hydroxylation is 1. The maximum atomic E-state index is 13.2. The van der Waals surface area contributed by atoms with E-state index >= 15 is 0 Å². The van der Waals surface area contributed by atoms with Gasteiger partial charge in [0.25, 0.3) is 0 Å². The molecule has 0 aliphatic rings. The molecule has 1 aromatic heterocycles. The number of nitrogens with zero attached hydrogens (tertiary/aromatic N) is 2. The number of halogens is 3. The van der Waals surface area contributed by atoms with Crippen molar-refractivity contribution in [1.29, 1.82) is 0 Å². The molecule has 3 aromatic rings. The topological polar surface area (TPSA) is 25.8 Å². The van der Waals surface area contributed by atoms with Crippen LogP contribution in [0.25, 0.3) is 22.3 Å². The van der Waals surface area contributed by atoms with E-state index in [1.165, 1.54) is 12.1 Å². The van der Waals surface area contributed by atoms with Crippen LogP contribution in [0.1, 0.15) is 5.56 Å². The molecule has 0 saturated heterocycles. The van der Waals surface area contributed by atoms with Gasteiger partial charge >= 0.3 is 0 Å². The first-order valence-electron chi connectivity index (χ1n) is 5.94. The molecule has 0 spiro atoms. The van der Waals surface area contributed by atoms with E-state index in [0.29, 0.717) is 11.0 Å². The van der Waals surface area contributed by atoms with Crippen LogP contribution >= 0.6 is 34.2 Å². The van der Waals surface area contributed by atoms with E-state index in [-0.39, 0.29) is 5.82 Å². The Balaban J connectivity index is 2.24. The lowest BCUT2D eigenvalue weighted by molar-refractivity contribution is 0.627. The van der Waals surface area contributed by atoms with Gasteiger partial charge < -0.3 is 0 Å². The van der Waals surface area contributed by atoms with Gasteiger partial charge in [-0.25, -0.2) is 14.4 Å². The van der Waals surface area contributed by atoms with Crippen LogP contribution in [-0.2, 0) is 0 Å². The molecule has 0 bridgehead atoms. The predicted octanol–water partition coefficient (Wildman–Crippen LogP) is 5.00. The Kier molecular flexibility index (Phi) is 3.60. The fraction of sp³-hybridized carbons (Fsp3) is 0.0667. The Hall–Kier alpha value is -1.27. The summed E-state index contributed by atoms with van der Waals surface area (Å²) in [5.74, 6) is 0.244. The summed E-state index contributed by atoms with van der Waals surface area (Å²) in [6, 6.07) is 10.4. The molecule has 1 heterocycles. The third-order valence-electron chi connectivity index (χ3n) is 3.04. The van der Waals surface area contributed by atoms with Crippen LogP contribution in [-0.4, -0.2) is 9.97 Å². The van der Waals surface area contributed by atoms with Gasteiger partial charge in [0.2, 0.25) is 0 Å². The second-order valence-corrected chi connectivity index (χ2v) is 6.06. The van der Waals surface area contributed by atoms with Crippen LogP contribution in [0.5, 0.6) is 0 Å². The van der Waals surface area contributed by atoms with E-state index < -0.39 is 0 Å². The van der Waals surface area contributed by atoms with E-state index in [4.69, 9.17) is 11.6 Å². The lowest BCUT2D eigenvalue weighted by Crippen LogP contribution is -1.94. The Bertz CT molecular complexity index is 820. The van der Waals surface area contributed by atoms with Crippen molar-refractivity contribution in [2.45, 2.75) is 6.92 Å². The Labute approximate surface area is 134 Å². The summed E-state index contributed by atoms with van der Waals surface area (Å²) in [6.07, 6.45) is 0. The predicted molar refractivity (Wildman–Crippen MR) is 87.4 cm³/mol. The Morgan fingerprint density at radius 1 is 1.10 bits per heavy atom. The number of fused-ring (bicyclic) bond motifs is 1. The molecule has 0 radical (unpaired) electrons. The van der Waals surface area contributed by atoms with Crippen molar-refractivity contribution >= 4 is 45.1 Å². The van der Waals surface area contributed by atoms with E-state index in [1.54, 1.807) is 6.07 Å². The highest BCUT2D eigenvalue weighted by Gasteiger charge is 2.10. The highest BCUT2D eigenvalue weighted by atomic mass is 127. The summed E-state index contributed by atoms with van der Waals surface area (Å²) in [5, 5.41) is 1.23. The second kappa shape index (κ2) is 5.26. The summed E-state index contributed by atoms with van der Waals surface area (Å²) in [5.41, 5.74) is 2.35. The van der Waals surface area contributed by atoms with Crippen molar-refractivity contribution in [3.05, 3.63) is 56.5 Å². The monoisotopic (exact) mass is 398 g/mol. The van der Waals surface area contributed by atoms with Crippen LogP contribution in [0.15, 0.2) is 36.4 Å². The highest BCUT2D eigenvalue weighted by molar-refractivity contribution is 14.1. The molecule has 0 aliphatic heterocycles. The molecule has 5 heteroatoms. The molecule has 0 atom stereocenters. The molecular weight excluding hydrogens is 390 g/mol. The third-order valence-corrected chi connectivity index (χ3v) is 4.00. The average Bonchev–Trinajstić information content (AvgIpc) is 2.39. The van der Waals surface area contributed by atoms with Gasteiger partial charge in [0.1, 0.15) is 11.0 Å². The van der Waals surface area contributed by atoms with Gasteiger partial charge in [0.15, 0.2) is 5.82 Å². The first kappa shape index (κ1) is 13.7. The smallest absolute Gasteiger partial charge is 0.161 e. The quantitative estimate of drug-likeness (QED) is 0.426. The minimum atomic E-state index is -0.271. The van der Waals surface area contributed by atoms with Crippen molar-refractivity contribution in [3.8, 4) is 11.4 Å². The first-order valence-corrected chi connectivity index (χ1v) is 7.39. The molecule has 3 rings (SSSR count). The summed E-state index contributed by atoms with van der Waals surface area (Å²) in [6.45, 7) is 1.83. The fourth-order valence-corrected chi connectivity index (χ4v) is 2.78. The molecular formula is C15H9ClFIN2. The molecule has 0 amide bonds. The SMILES string of the molecule is Cc1cc(F)ccc1-c1nc(Cl)c2cc(I)ccc2n1. The molecule has 2 aromatic carbocycles. The first-order chi connectivity index (χ1) is 9.54. The second-order valence-electron chi connectivity index (χ2n) is 4.46. The lowest BCUT2D eigenvalue weighted by atomic mass is 10.1. The minimum absolute atomic E-state index is 0.271. The van der Waals surface area contributed by atoms with Gasteiger partial charge in [-0.15, -0.1) is 0 Å². The molecule has 0 fully saturated rings. The maximum Gasteiger partial charge on any atom is 0.161 e. The van der Waals surface area contributed by atoms with E-state index in [9.17, 15) is 4.39 Å². The van der Waals surface area contributed by atoms with Gasteiger partial charge in [-0.3, -0.25) is 0 Å². The number of hydrogen-bond donors (Lipinski definition) is 0. The lowest BCUT2D eigenvalue weighted by Gasteiger charge is -2.07. The van der Waals surface area contributed by atoms with Crippen molar-refractivity contribution < 1.29 is 4.39 Å². The molecule has 0 N–H and O–H groups in total. The number of hydrogen-bond acceptors (Lipinski definition) is 2. The summed E-state index contributed by atoms with van der Waals surface area (Å²) in [7, 11) is 0. The van der Waals surface area contributed by atoms with Gasteiger partial charge in [-0.1, -0.05) is 11.6 Å². The number of rotatable bonds is 1. The van der Waals surface area contributed by atoms with Crippen LogP contribution < -0.4 is 0 Å². The standard InChI is InChI=1S/C15H9ClFIN2/c1-8-6-9(17)2-4-11(8)15-19-13-5-3-10(18)7-12(13)14(16)20-15/h2-7H,1H3. The van der Waals surface area contributed by atoms with Crippen LogP contribution in [0, 0.1) is 16.3 Å². The van der Waals surface area contributed by atoms with Crippen LogP contribution in [0.3, 0.4) is 0 Å². The fourth-order valence-electron chi connectivity index (χ4n) is 2.06. The highest BCUT2D eigenvalue weighted by Crippen LogP contribution is 2.27. The van der Waals surface area contributed by atoms with Crippen molar-refractivity contribution in [2.24, 2.45) is 0 Å². The molecule has 0 saturated carbocycles. The molecule has 0 unspecified atom stereocenters. The van der Waals surface area contributed by atoms with Crippen molar-refractivity contribution in [3.63, 3.8) is 0 Å². The van der Waals surface area contributed by atoms with Gasteiger partial charge in [0, 0.05) is 14.5 Å². The van der Waals surface area contributed by atoms with E-state index in [0.717, 1.165) is 25.6 Å². The van der Waals surface area contributed by atoms with Crippen molar-refractivity contribution in [1.82, 2.24) is 9.97 Å². The molecule has 100 valence electrons. The van der Waals surface area contributed by atoms with Crippen LogP contribution in [0.2, 0.25) is 5.15 Å². The Morgan fingerprint density at radius 2 is 1.90 bits per heavy atom. The van der Waals surface area contributed by atoms with E-state index in [2.05, 4.69) is 32.6 Å². The van der Waals surface area contributed by atoms with Crippen LogP contribution in [0.4, 0.5) is 4.39 Å². The molecule has 2 nitrogen and oxygen atoms in total. The third kappa shape index (κ3) is 2.50. The maximum absolute atomic E-state index is 13.2. The Morgan fingerprint density at radius 3 is 2.65 bits per heavy atom. The molecule has 20 heavy (non-hydrogen) atoms. The summed E-state index contributed by atoms with van der Waals surface area (Å²) in [4.78, 5) is 8.85. The van der Waals surface area contributed by atoms with E-state index in [1.807, 2.05) is 25.1 Å². The number of aromatic nitrogens is 2. The zero-order valence-corrected chi connectivity index (χ0v) is 13.4. The zero-order valence-electron chi connectivity index (χ0n) is 10.5. The average molecular weight is 399 g/mol. The zero-order chi connectivity index (χ0) is 14.3. The normalized spacial score (nSPS) is 11.0. The molecule has 0 aliphatic carbocycles. The number of benzene rings is 2.